The second kappa shape index (κ2) is 18.2. The monoisotopic (exact) mass is 768 g/mol. The molecule has 2 heterocycles. The van der Waals surface area contributed by atoms with E-state index in [1.54, 1.807) is 29.2 Å². The maximum Gasteiger partial charge on any atom is 0.410 e. The van der Waals surface area contributed by atoms with Crippen molar-refractivity contribution in [1.29, 1.82) is 0 Å². The molecular weight excluding hydrogens is 712 g/mol. The predicted molar refractivity (Wildman–Crippen MR) is 213 cm³/mol. The van der Waals surface area contributed by atoms with Gasteiger partial charge < -0.3 is 39.1 Å². The van der Waals surface area contributed by atoms with Crippen LogP contribution in [0, 0.1) is 17.8 Å². The Kier molecular flexibility index (Phi) is 13.0. The minimum absolute atomic E-state index is 0.0392. The van der Waals surface area contributed by atoms with Gasteiger partial charge in [0.15, 0.2) is 0 Å². The number of fused-ring (bicyclic) bond motifs is 3. The van der Waals surface area contributed by atoms with Crippen LogP contribution in [0.15, 0.2) is 90.1 Å². The molecule has 300 valence electrons. The first kappa shape index (κ1) is 39.8. The van der Waals surface area contributed by atoms with Gasteiger partial charge in [0.25, 0.3) is 0 Å². The van der Waals surface area contributed by atoms with E-state index >= 15 is 0 Å². The fourth-order valence-corrected chi connectivity index (χ4v) is 9.61. The largest absolute Gasteiger partial charge is 0.508 e. The number of unbranched alkanes of at least 4 members (excludes halogenated alkanes) is 2. The van der Waals surface area contributed by atoms with Crippen LogP contribution in [0.5, 0.6) is 11.5 Å². The third-order valence-electron chi connectivity index (χ3n) is 12.1. The van der Waals surface area contributed by atoms with Gasteiger partial charge in [0, 0.05) is 37.5 Å². The maximum absolute atomic E-state index is 14.3. The van der Waals surface area contributed by atoms with Gasteiger partial charge in [-0.15, -0.1) is 6.58 Å². The number of carbonyl (C=O) groups excluding carboxylic acids is 1. The third kappa shape index (κ3) is 8.05. The molecule has 7 atom stereocenters. The van der Waals surface area contributed by atoms with Gasteiger partial charge in [0.2, 0.25) is 12.1 Å². The zero-order valence-electron chi connectivity index (χ0n) is 32.4. The molecule has 2 aliphatic heterocycles. The number of phenolic OH excluding ortho intramolecular Hbond substituents is 1. The van der Waals surface area contributed by atoms with E-state index in [1.807, 2.05) is 24.3 Å². The van der Waals surface area contributed by atoms with E-state index in [-0.39, 0.29) is 56.3 Å². The van der Waals surface area contributed by atoms with Gasteiger partial charge in [-0.25, -0.2) is 4.79 Å². The predicted octanol–water partition coefficient (Wildman–Crippen LogP) is 7.97. The Morgan fingerprint density at radius 1 is 1.04 bits per heavy atom. The summed E-state index contributed by atoms with van der Waals surface area (Å²) in [5, 5.41) is 37.6. The number of hydrogen-bond acceptors (Lipinski definition) is 10. The highest BCUT2D eigenvalue weighted by atomic mass is 16.8. The molecule has 7 rings (SSSR count). The van der Waals surface area contributed by atoms with Crippen molar-refractivity contribution in [3.05, 3.63) is 96.1 Å². The molecule has 11 heteroatoms. The number of hydrogen-bond donors (Lipinski definition) is 3. The number of aromatic hydroxyl groups is 1. The summed E-state index contributed by atoms with van der Waals surface area (Å²) in [5.74, 6) is -1.39. The molecule has 1 unspecified atom stereocenters. The lowest BCUT2D eigenvalue weighted by atomic mass is 9.55. The molecule has 1 amide bonds. The number of allylic oxidation sites excluding steroid dienone is 1. The molecule has 0 spiro atoms. The van der Waals surface area contributed by atoms with Crippen LogP contribution in [0.25, 0.3) is 10.8 Å². The molecule has 2 aliphatic carbocycles. The van der Waals surface area contributed by atoms with Crippen molar-refractivity contribution in [2.45, 2.75) is 94.8 Å². The second-order valence-corrected chi connectivity index (χ2v) is 15.4. The van der Waals surface area contributed by atoms with E-state index < -0.39 is 30.1 Å². The third-order valence-corrected chi connectivity index (χ3v) is 12.1. The van der Waals surface area contributed by atoms with Crippen molar-refractivity contribution in [2.24, 2.45) is 22.9 Å². The Labute approximate surface area is 329 Å². The number of methoxy groups -OCH3 is 1. The Morgan fingerprint density at radius 2 is 1.84 bits per heavy atom. The highest BCUT2D eigenvalue weighted by Gasteiger charge is 2.65. The molecule has 11 nitrogen and oxygen atoms in total. The van der Waals surface area contributed by atoms with Crippen molar-refractivity contribution in [3.8, 4) is 11.5 Å². The van der Waals surface area contributed by atoms with Crippen molar-refractivity contribution >= 4 is 22.6 Å². The molecule has 1 saturated heterocycles. The highest BCUT2D eigenvalue weighted by molar-refractivity contribution is 6.03. The summed E-state index contributed by atoms with van der Waals surface area (Å²) in [6.45, 7) is 5.14. The molecule has 3 aromatic carbocycles. The molecule has 0 radical (unpaired) electrons. The number of aliphatic hydroxyl groups excluding tert-OH is 2. The van der Waals surface area contributed by atoms with E-state index in [2.05, 4.69) is 30.9 Å². The van der Waals surface area contributed by atoms with E-state index in [0.29, 0.717) is 30.9 Å². The first-order valence-electron chi connectivity index (χ1n) is 20.3. The smallest absolute Gasteiger partial charge is 0.410 e. The molecular formula is C45H56N2O9. The van der Waals surface area contributed by atoms with Crippen LogP contribution in [0.4, 0.5) is 4.79 Å². The van der Waals surface area contributed by atoms with Crippen molar-refractivity contribution in [1.82, 2.24) is 4.90 Å². The first-order valence-corrected chi connectivity index (χ1v) is 20.3. The minimum Gasteiger partial charge on any atom is -0.508 e. The summed E-state index contributed by atoms with van der Waals surface area (Å²) in [4.78, 5) is 22.2. The number of carbonyl (C=O) groups is 1. The SMILES string of the molecule is C=CCO[C@@]12Oc3ccc(O)cc3[C@H]3[C@H](CCCCO)[C@@H](CCCCO)C=C(C(=NOC4CCCCO4)C[C@@H]1N(Cc1cccc4ccccc14)C(=O)OC)[C@H]32. The molecule has 3 aromatic rings. The first-order chi connectivity index (χ1) is 27.4. The van der Waals surface area contributed by atoms with Crippen LogP contribution in [0.3, 0.4) is 0 Å². The molecule has 2 fully saturated rings. The summed E-state index contributed by atoms with van der Waals surface area (Å²) in [5.41, 5.74) is 3.39. The van der Waals surface area contributed by atoms with Gasteiger partial charge in [-0.1, -0.05) is 72.6 Å². The number of benzene rings is 3. The lowest BCUT2D eigenvalue weighted by Crippen LogP contribution is -2.70. The Balaban J connectivity index is 1.45. The number of rotatable bonds is 16. The van der Waals surface area contributed by atoms with Gasteiger partial charge in [-0.2, -0.15) is 0 Å². The van der Waals surface area contributed by atoms with Gasteiger partial charge in [0.05, 0.1) is 38.5 Å². The summed E-state index contributed by atoms with van der Waals surface area (Å²) in [7, 11) is 1.39. The van der Waals surface area contributed by atoms with Crippen LogP contribution in [-0.4, -0.2) is 83.7 Å². The van der Waals surface area contributed by atoms with Gasteiger partial charge in [-0.3, -0.25) is 4.90 Å². The lowest BCUT2D eigenvalue weighted by Gasteiger charge is -2.59. The fraction of sp³-hybridized carbons (Fsp3) is 0.511. The Morgan fingerprint density at radius 3 is 2.61 bits per heavy atom. The average molecular weight is 769 g/mol. The topological polar surface area (TPSA) is 140 Å². The van der Waals surface area contributed by atoms with Crippen molar-refractivity contribution < 1.29 is 43.9 Å². The lowest BCUT2D eigenvalue weighted by molar-refractivity contribution is -0.256. The average Bonchev–Trinajstić information content (AvgIpc) is 3.23. The molecule has 56 heavy (non-hydrogen) atoms. The van der Waals surface area contributed by atoms with Crippen LogP contribution < -0.4 is 4.74 Å². The summed E-state index contributed by atoms with van der Waals surface area (Å²) in [6.07, 6.45) is 10.4. The fourth-order valence-electron chi connectivity index (χ4n) is 9.61. The Bertz CT molecular complexity index is 1880. The quantitative estimate of drug-likeness (QED) is 0.0752. The minimum atomic E-state index is -1.45. The summed E-state index contributed by atoms with van der Waals surface area (Å²) >= 11 is 0. The summed E-state index contributed by atoms with van der Waals surface area (Å²) in [6, 6.07) is 18.6. The van der Waals surface area contributed by atoms with Crippen LogP contribution in [0.1, 0.15) is 81.3 Å². The molecule has 0 aromatic heterocycles. The molecule has 0 bridgehead atoms. The van der Waals surface area contributed by atoms with Gasteiger partial charge >= 0.3 is 6.09 Å². The van der Waals surface area contributed by atoms with E-state index in [0.717, 1.165) is 72.4 Å². The van der Waals surface area contributed by atoms with Crippen LogP contribution in [-0.2, 0) is 25.6 Å². The van der Waals surface area contributed by atoms with E-state index in [1.165, 1.54) is 7.11 Å². The van der Waals surface area contributed by atoms with Gasteiger partial charge in [-0.05, 0) is 90.5 Å². The number of aliphatic hydroxyl groups is 2. The molecule has 1 saturated carbocycles. The molecule has 4 aliphatic rings. The van der Waals surface area contributed by atoms with E-state index in [4.69, 9.17) is 28.9 Å². The standard InChI is InChI=1S/C45H56N2O9/c1-3-24-54-45-40(47(44(51)52-2)29-32-16-12-15-30-13-4-5-17-34(30)32)28-38(46-56-41-19-8-11-25-53-41)36-26-31(14-6-9-22-48)35(18-7-10-23-49)42(43(36)45)37-27-33(50)20-21-39(37)55-45/h3-5,12-13,15-17,20-21,26-27,31,35,40-43,48-50H,1,6-11,14,18-19,22-25,28-29H2,2H3/t31-,35+,40-,41?,42+,43+,45+/m0/s1. The summed E-state index contributed by atoms with van der Waals surface area (Å²) < 4.78 is 25.8. The van der Waals surface area contributed by atoms with Crippen molar-refractivity contribution in [2.75, 3.05) is 33.5 Å². The van der Waals surface area contributed by atoms with Gasteiger partial charge in [0.1, 0.15) is 17.5 Å². The zero-order valence-corrected chi connectivity index (χ0v) is 32.4. The zero-order chi connectivity index (χ0) is 39.1. The normalized spacial score (nSPS) is 27.4. The van der Waals surface area contributed by atoms with E-state index in [9.17, 15) is 20.1 Å². The number of amides is 1. The number of phenols is 1. The highest BCUT2D eigenvalue weighted by Crippen LogP contribution is 2.62. The number of ether oxygens (including phenoxy) is 4. The van der Waals surface area contributed by atoms with Crippen LogP contribution in [0.2, 0.25) is 0 Å². The Hall–Kier alpha value is -4.42. The number of oxime groups is 1. The van der Waals surface area contributed by atoms with Crippen molar-refractivity contribution in [3.63, 3.8) is 0 Å². The van der Waals surface area contributed by atoms with Crippen LogP contribution >= 0.6 is 0 Å². The molecule has 3 N–H and O–H groups in total. The number of nitrogens with zero attached hydrogens (tertiary/aromatic N) is 2. The second-order valence-electron chi connectivity index (χ2n) is 15.4. The maximum atomic E-state index is 14.3.